The molecule has 1 unspecified atom stereocenters. The van der Waals surface area contributed by atoms with E-state index in [1.165, 1.54) is 12.1 Å². The summed E-state index contributed by atoms with van der Waals surface area (Å²) in [4.78, 5) is 9.08. The third kappa shape index (κ3) is 3.63. The van der Waals surface area contributed by atoms with Crippen molar-refractivity contribution < 1.29 is 4.39 Å². The summed E-state index contributed by atoms with van der Waals surface area (Å²) in [5.41, 5.74) is 4.95. The predicted octanol–water partition coefficient (Wildman–Crippen LogP) is 3.05. The van der Waals surface area contributed by atoms with Crippen LogP contribution in [0.25, 0.3) is 5.57 Å². The fourth-order valence-corrected chi connectivity index (χ4v) is 3.95. The highest BCUT2D eigenvalue weighted by atomic mass is 19.1. The molecular formula is C23H27FN6. The van der Waals surface area contributed by atoms with Crippen LogP contribution in [0, 0.1) is 5.82 Å². The van der Waals surface area contributed by atoms with E-state index < -0.39 is 0 Å². The summed E-state index contributed by atoms with van der Waals surface area (Å²) in [6, 6.07) is 12.7. The summed E-state index contributed by atoms with van der Waals surface area (Å²) >= 11 is 0. The molecule has 2 aliphatic heterocycles. The molecule has 2 aromatic rings. The van der Waals surface area contributed by atoms with Gasteiger partial charge in [-0.2, -0.15) is 0 Å². The number of benzene rings is 1. The molecular weight excluding hydrogens is 379 g/mol. The number of halogens is 1. The van der Waals surface area contributed by atoms with Gasteiger partial charge in [0, 0.05) is 32.4 Å². The highest BCUT2D eigenvalue weighted by Gasteiger charge is 2.35. The first-order chi connectivity index (χ1) is 14.6. The Labute approximate surface area is 176 Å². The van der Waals surface area contributed by atoms with E-state index in [2.05, 4.69) is 43.3 Å². The molecule has 0 amide bonds. The van der Waals surface area contributed by atoms with Gasteiger partial charge in [0.1, 0.15) is 11.3 Å². The number of aromatic nitrogens is 1. The summed E-state index contributed by atoms with van der Waals surface area (Å²) in [7, 11) is 3.82. The van der Waals surface area contributed by atoms with E-state index in [1.54, 1.807) is 7.05 Å². The Hall–Kier alpha value is -3.35. The molecule has 30 heavy (non-hydrogen) atoms. The van der Waals surface area contributed by atoms with Crippen molar-refractivity contribution in [3.63, 3.8) is 0 Å². The minimum absolute atomic E-state index is 0.101. The smallest absolute Gasteiger partial charge is 0.199 e. The molecule has 1 aromatic carbocycles. The van der Waals surface area contributed by atoms with Gasteiger partial charge in [0.2, 0.25) is 0 Å². The number of pyridine rings is 1. The summed E-state index contributed by atoms with van der Waals surface area (Å²) in [6.45, 7) is 2.93. The number of guanidine groups is 1. The van der Waals surface area contributed by atoms with Crippen molar-refractivity contribution in [1.29, 1.82) is 0 Å². The molecule has 0 fully saturated rings. The van der Waals surface area contributed by atoms with Crippen LogP contribution in [0.2, 0.25) is 0 Å². The minimum atomic E-state index is -0.242. The number of hydrogen-bond acceptors (Lipinski definition) is 3. The van der Waals surface area contributed by atoms with Crippen molar-refractivity contribution >= 4 is 11.5 Å². The Bertz CT molecular complexity index is 1080. The van der Waals surface area contributed by atoms with Crippen LogP contribution in [0.15, 0.2) is 70.4 Å². The third-order valence-corrected chi connectivity index (χ3v) is 5.39. The Balaban J connectivity index is 1.87. The number of unbranched alkanes of at least 4 members (excludes halogenated alkanes) is 1. The van der Waals surface area contributed by atoms with E-state index in [9.17, 15) is 4.39 Å². The quantitative estimate of drug-likeness (QED) is 0.768. The van der Waals surface area contributed by atoms with Gasteiger partial charge in [-0.25, -0.2) is 9.07 Å². The molecule has 7 heteroatoms. The molecule has 0 aliphatic carbocycles. The molecule has 6 nitrogen and oxygen atoms in total. The fraction of sp³-hybridized carbons (Fsp3) is 0.304. The minimum Gasteiger partial charge on any atom is -0.333 e. The van der Waals surface area contributed by atoms with Crippen molar-refractivity contribution in [3.05, 3.63) is 83.0 Å². The van der Waals surface area contributed by atoms with Crippen molar-refractivity contribution in [1.82, 2.24) is 15.3 Å². The van der Waals surface area contributed by atoms with Gasteiger partial charge in [-0.3, -0.25) is 9.98 Å². The SMILES string of the molecule is CCCCN=C1NC=CC(=C2c3cccc(=NC)n3N(C)C2c2ccc(F)cc2)N1. The topological polar surface area (TPSA) is 57.0 Å². The molecule has 2 aliphatic rings. The Morgan fingerprint density at radius 3 is 2.67 bits per heavy atom. The second-order valence-corrected chi connectivity index (χ2v) is 7.35. The lowest BCUT2D eigenvalue weighted by Crippen LogP contribution is -2.38. The molecule has 0 saturated heterocycles. The van der Waals surface area contributed by atoms with Crippen LogP contribution in [0.4, 0.5) is 4.39 Å². The number of nitrogens with one attached hydrogen (secondary N) is 2. The first-order valence-corrected chi connectivity index (χ1v) is 10.3. The molecule has 0 saturated carbocycles. The number of nitrogens with zero attached hydrogens (tertiary/aromatic N) is 4. The maximum atomic E-state index is 13.6. The first kappa shape index (κ1) is 19.9. The van der Waals surface area contributed by atoms with Crippen LogP contribution in [0.3, 0.4) is 0 Å². The zero-order valence-electron chi connectivity index (χ0n) is 17.6. The highest BCUT2D eigenvalue weighted by Crippen LogP contribution is 2.40. The van der Waals surface area contributed by atoms with E-state index in [1.807, 2.05) is 43.6 Å². The van der Waals surface area contributed by atoms with Crippen LogP contribution in [0.1, 0.15) is 37.1 Å². The van der Waals surface area contributed by atoms with Gasteiger partial charge < -0.3 is 15.6 Å². The van der Waals surface area contributed by atoms with Crippen LogP contribution in [-0.4, -0.2) is 31.3 Å². The summed E-state index contributed by atoms with van der Waals surface area (Å²) in [6.07, 6.45) is 6.07. The molecule has 1 aromatic heterocycles. The lowest BCUT2D eigenvalue weighted by molar-refractivity contribution is 0.611. The van der Waals surface area contributed by atoms with Crippen molar-refractivity contribution in [2.45, 2.75) is 25.8 Å². The number of aliphatic imine (C=N–C) groups is 1. The molecule has 1 atom stereocenters. The molecule has 156 valence electrons. The zero-order valence-corrected chi connectivity index (χ0v) is 17.6. The van der Waals surface area contributed by atoms with Crippen molar-refractivity contribution in [2.75, 3.05) is 25.6 Å². The Morgan fingerprint density at radius 2 is 1.93 bits per heavy atom. The summed E-state index contributed by atoms with van der Waals surface area (Å²) in [5, 5.41) is 8.78. The molecule has 0 spiro atoms. The Kier molecular flexibility index (Phi) is 5.70. The summed E-state index contributed by atoms with van der Waals surface area (Å²) in [5.74, 6) is 0.497. The first-order valence-electron chi connectivity index (χ1n) is 10.3. The van der Waals surface area contributed by atoms with Gasteiger partial charge in [0.15, 0.2) is 5.96 Å². The van der Waals surface area contributed by atoms with Gasteiger partial charge in [-0.1, -0.05) is 31.5 Å². The second kappa shape index (κ2) is 8.57. The fourth-order valence-electron chi connectivity index (χ4n) is 3.95. The van der Waals surface area contributed by atoms with Crippen molar-refractivity contribution in [3.8, 4) is 0 Å². The average Bonchev–Trinajstić information content (AvgIpc) is 3.07. The van der Waals surface area contributed by atoms with Gasteiger partial charge in [0.25, 0.3) is 0 Å². The third-order valence-electron chi connectivity index (χ3n) is 5.39. The maximum absolute atomic E-state index is 13.6. The highest BCUT2D eigenvalue weighted by molar-refractivity contribution is 5.89. The molecule has 2 N–H and O–H groups in total. The lowest BCUT2D eigenvalue weighted by atomic mass is 9.95. The number of fused-ring (bicyclic) bond motifs is 1. The van der Waals surface area contributed by atoms with Crippen LogP contribution in [0.5, 0.6) is 0 Å². The zero-order chi connectivity index (χ0) is 21.1. The largest absolute Gasteiger partial charge is 0.333 e. The van der Waals surface area contributed by atoms with Gasteiger partial charge >= 0.3 is 0 Å². The Morgan fingerprint density at radius 1 is 1.13 bits per heavy atom. The maximum Gasteiger partial charge on any atom is 0.199 e. The number of likely N-dealkylation sites (N-methyl/N-ethyl adjacent to an activating group) is 1. The normalized spacial score (nSPS) is 22.3. The number of allylic oxidation sites excluding steroid dienone is 1. The van der Waals surface area contributed by atoms with Crippen LogP contribution < -0.4 is 21.1 Å². The monoisotopic (exact) mass is 406 g/mol. The average molecular weight is 407 g/mol. The van der Waals surface area contributed by atoms with E-state index in [-0.39, 0.29) is 11.9 Å². The van der Waals surface area contributed by atoms with Crippen LogP contribution in [-0.2, 0) is 0 Å². The predicted molar refractivity (Wildman–Crippen MR) is 119 cm³/mol. The molecule has 3 heterocycles. The van der Waals surface area contributed by atoms with E-state index >= 15 is 0 Å². The van der Waals surface area contributed by atoms with E-state index in [4.69, 9.17) is 0 Å². The molecule has 4 rings (SSSR count). The molecule has 0 radical (unpaired) electrons. The van der Waals surface area contributed by atoms with Gasteiger partial charge in [-0.15, -0.1) is 0 Å². The van der Waals surface area contributed by atoms with E-state index in [0.29, 0.717) is 0 Å². The second-order valence-electron chi connectivity index (χ2n) is 7.35. The standard InChI is InChI=1S/C23H27FN6/c1-4-5-14-26-23-27-15-13-18(28-23)21-19-7-6-8-20(25-2)30(19)29(3)22(21)16-9-11-17(24)12-10-16/h6-13,15,22H,4-5,14H2,1-3H3,(H2,26,27,28). The van der Waals surface area contributed by atoms with Crippen molar-refractivity contribution in [2.24, 2.45) is 9.98 Å². The molecule has 0 bridgehead atoms. The van der Waals surface area contributed by atoms with Gasteiger partial charge in [0.05, 0.1) is 17.4 Å². The summed E-state index contributed by atoms with van der Waals surface area (Å²) < 4.78 is 15.7. The number of rotatable bonds is 4. The van der Waals surface area contributed by atoms with E-state index in [0.717, 1.165) is 53.4 Å². The van der Waals surface area contributed by atoms with Crippen LogP contribution >= 0.6 is 0 Å². The number of hydrogen-bond donors (Lipinski definition) is 2. The van der Waals surface area contributed by atoms with Gasteiger partial charge in [-0.05, 0) is 42.3 Å². The lowest BCUT2D eigenvalue weighted by Gasteiger charge is -2.26.